The summed E-state index contributed by atoms with van der Waals surface area (Å²) in [5.74, 6) is 0.217. The molecule has 0 aliphatic heterocycles. The Labute approximate surface area is 169 Å². The van der Waals surface area contributed by atoms with Gasteiger partial charge in [-0.05, 0) is 48.4 Å². The Morgan fingerprint density at radius 1 is 1.11 bits per heavy atom. The number of carbonyl (C=O) groups excluding carboxylic acids is 2. The number of nitrogens with one attached hydrogen (secondary N) is 1. The van der Waals surface area contributed by atoms with Crippen molar-refractivity contribution in [2.75, 3.05) is 27.4 Å². The van der Waals surface area contributed by atoms with Crippen LogP contribution in [0.4, 0.5) is 0 Å². The highest BCUT2D eigenvalue weighted by atomic mass is 35.5. The van der Waals surface area contributed by atoms with Gasteiger partial charge >= 0.3 is 5.97 Å². The molecule has 0 aliphatic carbocycles. The Balaban J connectivity index is 1.77. The van der Waals surface area contributed by atoms with Crippen molar-refractivity contribution in [3.05, 3.63) is 64.7 Å². The maximum Gasteiger partial charge on any atom is 0.331 e. The fraction of sp³-hybridized carbons (Fsp3) is 0.238. The number of hydrogen-bond donors (Lipinski definition) is 1. The number of ether oxygens (including phenoxy) is 3. The van der Waals surface area contributed by atoms with Gasteiger partial charge in [0.15, 0.2) is 6.61 Å². The summed E-state index contributed by atoms with van der Waals surface area (Å²) in [6.07, 6.45) is 3.41. The fourth-order valence-corrected chi connectivity index (χ4v) is 2.61. The van der Waals surface area contributed by atoms with Gasteiger partial charge in [-0.25, -0.2) is 4.79 Å². The van der Waals surface area contributed by atoms with Crippen LogP contribution in [0, 0.1) is 0 Å². The van der Waals surface area contributed by atoms with E-state index in [0.29, 0.717) is 35.1 Å². The smallest absolute Gasteiger partial charge is 0.331 e. The maximum absolute atomic E-state index is 11.8. The summed E-state index contributed by atoms with van der Waals surface area (Å²) in [7, 11) is 3.08. The van der Waals surface area contributed by atoms with E-state index in [1.807, 2.05) is 18.2 Å². The first-order valence-electron chi connectivity index (χ1n) is 8.60. The highest BCUT2D eigenvalue weighted by Gasteiger charge is 2.06. The molecule has 0 unspecified atom stereocenters. The van der Waals surface area contributed by atoms with E-state index in [1.165, 1.54) is 13.2 Å². The number of hydrogen-bond acceptors (Lipinski definition) is 5. The van der Waals surface area contributed by atoms with Crippen LogP contribution < -0.4 is 14.8 Å². The van der Waals surface area contributed by atoms with E-state index in [2.05, 4.69) is 5.32 Å². The van der Waals surface area contributed by atoms with Crippen LogP contribution in [0.1, 0.15) is 11.1 Å². The lowest BCUT2D eigenvalue weighted by molar-refractivity contribution is -0.143. The van der Waals surface area contributed by atoms with Crippen molar-refractivity contribution in [3.8, 4) is 11.5 Å². The molecule has 7 heteroatoms. The van der Waals surface area contributed by atoms with Crippen LogP contribution in [0.3, 0.4) is 0 Å². The first-order valence-corrected chi connectivity index (χ1v) is 8.97. The van der Waals surface area contributed by atoms with Gasteiger partial charge in [0.1, 0.15) is 11.5 Å². The highest BCUT2D eigenvalue weighted by molar-refractivity contribution is 6.30. The largest absolute Gasteiger partial charge is 0.497 e. The zero-order valence-corrected chi connectivity index (χ0v) is 16.5. The summed E-state index contributed by atoms with van der Waals surface area (Å²) < 4.78 is 15.3. The third kappa shape index (κ3) is 6.96. The van der Waals surface area contributed by atoms with Crippen molar-refractivity contribution in [1.29, 1.82) is 0 Å². The van der Waals surface area contributed by atoms with Crippen molar-refractivity contribution >= 4 is 29.6 Å². The van der Waals surface area contributed by atoms with Crippen molar-refractivity contribution < 1.29 is 23.8 Å². The molecule has 2 aromatic carbocycles. The minimum atomic E-state index is -0.630. The fourth-order valence-electron chi connectivity index (χ4n) is 2.40. The zero-order valence-electron chi connectivity index (χ0n) is 15.7. The number of halogens is 1. The minimum absolute atomic E-state index is 0.353. The zero-order chi connectivity index (χ0) is 20.4. The SMILES string of the molecule is COc1ccc(OC)c(/C=C/C(=O)OCC(=O)NCCc2cccc(Cl)c2)c1. The second-order valence-electron chi connectivity index (χ2n) is 5.78. The molecule has 148 valence electrons. The number of esters is 1. The van der Waals surface area contributed by atoms with E-state index in [9.17, 15) is 9.59 Å². The predicted octanol–water partition coefficient (Wildman–Crippen LogP) is 3.27. The van der Waals surface area contributed by atoms with E-state index >= 15 is 0 Å². The van der Waals surface area contributed by atoms with Crippen molar-refractivity contribution in [3.63, 3.8) is 0 Å². The first kappa shape index (κ1) is 21.3. The monoisotopic (exact) mass is 403 g/mol. The average molecular weight is 404 g/mol. The van der Waals surface area contributed by atoms with E-state index in [4.69, 9.17) is 25.8 Å². The second-order valence-corrected chi connectivity index (χ2v) is 6.22. The van der Waals surface area contributed by atoms with Crippen LogP contribution in [-0.2, 0) is 20.7 Å². The number of benzene rings is 2. The molecule has 0 aliphatic rings. The van der Waals surface area contributed by atoms with Gasteiger partial charge in [0.25, 0.3) is 5.91 Å². The molecule has 0 spiro atoms. The predicted molar refractivity (Wildman–Crippen MR) is 108 cm³/mol. The molecule has 6 nitrogen and oxygen atoms in total. The molecule has 28 heavy (non-hydrogen) atoms. The van der Waals surface area contributed by atoms with Crippen molar-refractivity contribution in [2.45, 2.75) is 6.42 Å². The third-order valence-electron chi connectivity index (χ3n) is 3.81. The summed E-state index contributed by atoms with van der Waals surface area (Å²) >= 11 is 5.91. The molecular formula is C21H22ClNO5. The Hall–Kier alpha value is -2.99. The van der Waals surface area contributed by atoms with Gasteiger partial charge in [-0.2, -0.15) is 0 Å². The lowest BCUT2D eigenvalue weighted by atomic mass is 10.1. The standard InChI is InChI=1S/C21H22ClNO5/c1-26-18-7-8-19(27-2)16(13-18)6-9-21(25)28-14-20(24)23-11-10-15-4-3-5-17(22)12-15/h3-9,12-13H,10-11,14H2,1-2H3,(H,23,24)/b9-6+. The van der Waals surface area contributed by atoms with Crippen molar-refractivity contribution in [1.82, 2.24) is 5.32 Å². The van der Waals surface area contributed by atoms with Gasteiger partial charge in [-0.1, -0.05) is 23.7 Å². The van der Waals surface area contributed by atoms with Gasteiger partial charge in [-0.3, -0.25) is 4.79 Å². The van der Waals surface area contributed by atoms with Gasteiger partial charge in [0.2, 0.25) is 0 Å². The minimum Gasteiger partial charge on any atom is -0.497 e. The molecule has 0 saturated carbocycles. The molecular weight excluding hydrogens is 382 g/mol. The molecule has 2 rings (SSSR count). The average Bonchev–Trinajstić information content (AvgIpc) is 2.70. The molecule has 0 fully saturated rings. The van der Waals surface area contributed by atoms with Gasteiger partial charge < -0.3 is 19.5 Å². The Morgan fingerprint density at radius 3 is 2.64 bits per heavy atom. The first-order chi connectivity index (χ1) is 13.5. The van der Waals surface area contributed by atoms with E-state index in [-0.39, 0.29) is 12.5 Å². The summed E-state index contributed by atoms with van der Waals surface area (Å²) in [5, 5.41) is 3.34. The number of amides is 1. The normalized spacial score (nSPS) is 10.5. The van der Waals surface area contributed by atoms with E-state index < -0.39 is 5.97 Å². The number of methoxy groups -OCH3 is 2. The summed E-state index contributed by atoms with van der Waals surface area (Å²) in [5.41, 5.74) is 1.67. The van der Waals surface area contributed by atoms with E-state index in [1.54, 1.807) is 37.5 Å². The molecule has 1 N–H and O–H groups in total. The van der Waals surface area contributed by atoms with Crippen LogP contribution >= 0.6 is 11.6 Å². The topological polar surface area (TPSA) is 73.9 Å². The quantitative estimate of drug-likeness (QED) is 0.513. The van der Waals surface area contributed by atoms with Crippen LogP contribution in [0.5, 0.6) is 11.5 Å². The maximum atomic E-state index is 11.8. The van der Waals surface area contributed by atoms with Gasteiger partial charge in [0, 0.05) is 23.2 Å². The van der Waals surface area contributed by atoms with Crippen LogP contribution in [-0.4, -0.2) is 39.2 Å². The number of carbonyl (C=O) groups is 2. The Bertz CT molecular complexity index is 850. The lowest BCUT2D eigenvalue weighted by Gasteiger charge is -2.07. The Kier molecular flexibility index (Phi) is 8.37. The second kappa shape index (κ2) is 11.0. The molecule has 0 atom stereocenters. The van der Waals surface area contributed by atoms with Crippen LogP contribution in [0.2, 0.25) is 5.02 Å². The molecule has 0 heterocycles. The van der Waals surface area contributed by atoms with Crippen molar-refractivity contribution in [2.24, 2.45) is 0 Å². The molecule has 0 aromatic heterocycles. The van der Waals surface area contributed by atoms with Crippen LogP contribution in [0.25, 0.3) is 6.08 Å². The Morgan fingerprint density at radius 2 is 1.93 bits per heavy atom. The molecule has 0 bridgehead atoms. The summed E-state index contributed by atoms with van der Waals surface area (Å²) in [4.78, 5) is 23.6. The molecule has 0 radical (unpaired) electrons. The van der Waals surface area contributed by atoms with Crippen LogP contribution in [0.15, 0.2) is 48.5 Å². The van der Waals surface area contributed by atoms with Gasteiger partial charge in [0.05, 0.1) is 14.2 Å². The molecule has 2 aromatic rings. The number of rotatable bonds is 9. The lowest BCUT2D eigenvalue weighted by Crippen LogP contribution is -2.30. The molecule has 0 saturated heterocycles. The molecule has 1 amide bonds. The third-order valence-corrected chi connectivity index (χ3v) is 4.04. The summed E-state index contributed by atoms with van der Waals surface area (Å²) in [6, 6.07) is 12.6. The van der Waals surface area contributed by atoms with Gasteiger partial charge in [-0.15, -0.1) is 0 Å². The van der Waals surface area contributed by atoms with E-state index in [0.717, 1.165) is 5.56 Å². The highest BCUT2D eigenvalue weighted by Crippen LogP contribution is 2.25. The summed E-state index contributed by atoms with van der Waals surface area (Å²) in [6.45, 7) is 0.0710.